The molecule has 2 saturated heterocycles. The molecule has 1 atom stereocenters. The number of ether oxygens (including phenoxy) is 1. The normalized spacial score (nSPS) is 25.1. The lowest BCUT2D eigenvalue weighted by molar-refractivity contribution is -0.231. The van der Waals surface area contributed by atoms with Crippen LogP contribution < -0.4 is 0 Å². The number of piperidine rings is 1. The van der Waals surface area contributed by atoms with Crippen LogP contribution >= 0.6 is 0 Å². The molecule has 0 radical (unpaired) electrons. The van der Waals surface area contributed by atoms with Gasteiger partial charge in [-0.2, -0.15) is 22.6 Å². The quantitative estimate of drug-likeness (QED) is 0.790. The third kappa shape index (κ3) is 3.50. The summed E-state index contributed by atoms with van der Waals surface area (Å²) in [4.78, 5) is 0.0267. The van der Waals surface area contributed by atoms with Crippen molar-refractivity contribution < 1.29 is 26.3 Å². The Balaban J connectivity index is 1.89. The van der Waals surface area contributed by atoms with Gasteiger partial charge in [0.1, 0.15) is 4.90 Å². The van der Waals surface area contributed by atoms with Crippen LogP contribution in [-0.4, -0.2) is 55.0 Å². The molecule has 3 rings (SSSR count). The molecule has 1 aromatic rings. The number of aromatic nitrogens is 2. The van der Waals surface area contributed by atoms with Crippen molar-refractivity contribution in [3.05, 3.63) is 12.4 Å². The Morgan fingerprint density at radius 2 is 1.96 bits per heavy atom. The minimum absolute atomic E-state index is 0.00301. The van der Waals surface area contributed by atoms with Gasteiger partial charge in [0.25, 0.3) is 0 Å². The van der Waals surface area contributed by atoms with Gasteiger partial charge < -0.3 is 4.74 Å². The van der Waals surface area contributed by atoms with E-state index in [9.17, 15) is 21.6 Å². The number of sulfonamides is 1. The van der Waals surface area contributed by atoms with Crippen LogP contribution in [0.4, 0.5) is 13.2 Å². The lowest BCUT2D eigenvalue weighted by atomic mass is 9.66. The van der Waals surface area contributed by atoms with Crippen LogP contribution in [0.2, 0.25) is 0 Å². The molecule has 0 amide bonds. The van der Waals surface area contributed by atoms with E-state index in [0.29, 0.717) is 0 Å². The molecule has 1 unspecified atom stereocenters. The molecular weight excluding hydrogens is 371 g/mol. The number of rotatable bonds is 3. The van der Waals surface area contributed by atoms with Crippen molar-refractivity contribution in [1.82, 2.24) is 14.1 Å². The summed E-state index contributed by atoms with van der Waals surface area (Å²) in [6.07, 6.45) is -1.42. The number of nitrogens with zero attached hydrogens (tertiary/aromatic N) is 3. The Labute approximate surface area is 151 Å². The zero-order chi connectivity index (χ0) is 19.2. The van der Waals surface area contributed by atoms with Crippen molar-refractivity contribution in [3.63, 3.8) is 0 Å². The van der Waals surface area contributed by atoms with Gasteiger partial charge in [-0.25, -0.2) is 8.42 Å². The van der Waals surface area contributed by atoms with Crippen LogP contribution in [-0.2, 0) is 14.8 Å². The van der Waals surface area contributed by atoms with E-state index < -0.39 is 27.5 Å². The molecule has 0 saturated carbocycles. The van der Waals surface area contributed by atoms with Gasteiger partial charge in [0.2, 0.25) is 10.0 Å². The van der Waals surface area contributed by atoms with E-state index in [1.54, 1.807) is 0 Å². The Kier molecular flexibility index (Phi) is 5.13. The van der Waals surface area contributed by atoms with E-state index in [0.717, 1.165) is 0 Å². The molecule has 3 heterocycles. The molecule has 0 N–H and O–H groups in total. The molecule has 10 heteroatoms. The Bertz CT molecular complexity index is 739. The highest BCUT2D eigenvalue weighted by Gasteiger charge is 2.57. The maximum Gasteiger partial charge on any atom is 0.392 e. The van der Waals surface area contributed by atoms with E-state index in [1.165, 1.54) is 21.4 Å². The van der Waals surface area contributed by atoms with Crippen LogP contribution in [0.1, 0.15) is 39.2 Å². The van der Waals surface area contributed by atoms with Crippen LogP contribution in [0.3, 0.4) is 0 Å². The molecule has 6 nitrogen and oxygen atoms in total. The minimum atomic E-state index is -4.34. The predicted octanol–water partition coefficient (Wildman–Crippen LogP) is 2.83. The van der Waals surface area contributed by atoms with Gasteiger partial charge in [0.15, 0.2) is 0 Å². The van der Waals surface area contributed by atoms with Crippen molar-refractivity contribution in [2.45, 2.75) is 50.2 Å². The second kappa shape index (κ2) is 6.79. The standard InChI is InChI=1S/C16H24F3N3O3S/c1-12(2)22-10-13(9-20-22)26(23,24)21-6-3-14(16(17,18)19)15(11-21)4-7-25-8-5-15/h9-10,12,14H,3-8,11H2,1-2H3. The third-order valence-electron chi connectivity index (χ3n) is 5.53. The Morgan fingerprint density at radius 1 is 1.31 bits per heavy atom. The average Bonchev–Trinajstić information content (AvgIpc) is 3.05. The van der Waals surface area contributed by atoms with Crippen molar-refractivity contribution in [3.8, 4) is 0 Å². The Hall–Kier alpha value is -1.13. The highest BCUT2D eigenvalue weighted by molar-refractivity contribution is 7.89. The molecule has 0 aliphatic carbocycles. The molecular formula is C16H24F3N3O3S. The molecule has 2 fully saturated rings. The first-order valence-corrected chi connectivity index (χ1v) is 10.2. The molecule has 2 aliphatic heterocycles. The summed E-state index contributed by atoms with van der Waals surface area (Å²) in [5.41, 5.74) is -1.12. The molecule has 0 aromatic carbocycles. The summed E-state index contributed by atoms with van der Waals surface area (Å²) >= 11 is 0. The summed E-state index contributed by atoms with van der Waals surface area (Å²) in [6, 6.07) is -0.00301. The summed E-state index contributed by atoms with van der Waals surface area (Å²) in [5, 5.41) is 4.05. The fourth-order valence-corrected chi connectivity index (χ4v) is 5.50. The molecule has 2 aliphatic rings. The van der Waals surface area contributed by atoms with Gasteiger partial charge in [-0.15, -0.1) is 0 Å². The summed E-state index contributed by atoms with van der Waals surface area (Å²) in [7, 11) is -3.88. The highest BCUT2D eigenvalue weighted by atomic mass is 32.2. The van der Waals surface area contributed by atoms with Crippen LogP contribution in [0.25, 0.3) is 0 Å². The highest BCUT2D eigenvalue weighted by Crippen LogP contribution is 2.51. The molecule has 0 bridgehead atoms. The van der Waals surface area contributed by atoms with Gasteiger partial charge in [-0.3, -0.25) is 4.68 Å². The maximum atomic E-state index is 13.6. The lowest BCUT2D eigenvalue weighted by Crippen LogP contribution is -2.56. The van der Waals surface area contributed by atoms with Gasteiger partial charge in [0.05, 0.1) is 12.1 Å². The second-order valence-corrected chi connectivity index (χ2v) is 9.38. The smallest absolute Gasteiger partial charge is 0.381 e. The molecule has 1 spiro atoms. The number of alkyl halides is 3. The topological polar surface area (TPSA) is 64.4 Å². The zero-order valence-corrected chi connectivity index (χ0v) is 15.7. The lowest BCUT2D eigenvalue weighted by Gasteiger charge is -2.50. The van der Waals surface area contributed by atoms with Crippen LogP contribution in [0.5, 0.6) is 0 Å². The zero-order valence-electron chi connectivity index (χ0n) is 14.9. The van der Waals surface area contributed by atoms with Crippen molar-refractivity contribution in [2.24, 2.45) is 11.3 Å². The fraction of sp³-hybridized carbons (Fsp3) is 0.812. The van der Waals surface area contributed by atoms with Crippen molar-refractivity contribution >= 4 is 10.0 Å². The third-order valence-corrected chi connectivity index (χ3v) is 7.32. The van der Waals surface area contributed by atoms with E-state index in [-0.39, 0.29) is 56.5 Å². The second-order valence-electron chi connectivity index (χ2n) is 7.45. The summed E-state index contributed by atoms with van der Waals surface area (Å²) < 4.78 is 74.7. The SMILES string of the molecule is CC(C)n1cc(S(=O)(=O)N2CCC(C(F)(F)F)C3(CCOCC3)C2)cn1. The largest absolute Gasteiger partial charge is 0.392 e. The van der Waals surface area contributed by atoms with E-state index in [1.807, 2.05) is 13.8 Å². The monoisotopic (exact) mass is 395 g/mol. The van der Waals surface area contributed by atoms with Gasteiger partial charge in [-0.1, -0.05) is 0 Å². The average molecular weight is 395 g/mol. The summed E-state index contributed by atoms with van der Waals surface area (Å²) in [6.45, 7) is 3.93. The first-order chi connectivity index (χ1) is 12.1. The Morgan fingerprint density at radius 3 is 2.50 bits per heavy atom. The van der Waals surface area contributed by atoms with E-state index in [2.05, 4.69) is 5.10 Å². The van der Waals surface area contributed by atoms with Gasteiger partial charge in [-0.05, 0) is 33.1 Å². The molecule has 1 aromatic heterocycles. The van der Waals surface area contributed by atoms with Crippen LogP contribution in [0.15, 0.2) is 17.3 Å². The maximum absolute atomic E-state index is 13.6. The van der Waals surface area contributed by atoms with Gasteiger partial charge >= 0.3 is 6.18 Å². The van der Waals surface area contributed by atoms with Crippen molar-refractivity contribution in [2.75, 3.05) is 26.3 Å². The minimum Gasteiger partial charge on any atom is -0.381 e. The predicted molar refractivity (Wildman–Crippen MR) is 88.0 cm³/mol. The molecule has 148 valence electrons. The van der Waals surface area contributed by atoms with E-state index in [4.69, 9.17) is 4.74 Å². The number of hydrogen-bond donors (Lipinski definition) is 0. The molecule has 26 heavy (non-hydrogen) atoms. The first-order valence-electron chi connectivity index (χ1n) is 8.75. The van der Waals surface area contributed by atoms with Crippen molar-refractivity contribution in [1.29, 1.82) is 0 Å². The fourth-order valence-electron chi connectivity index (χ4n) is 4.01. The first kappa shape index (κ1) is 19.6. The number of hydrogen-bond acceptors (Lipinski definition) is 4. The van der Waals surface area contributed by atoms with Gasteiger partial charge in [0, 0.05) is 44.0 Å². The number of halogens is 3. The summed E-state index contributed by atoms with van der Waals surface area (Å²) in [5.74, 6) is -1.50. The van der Waals surface area contributed by atoms with Crippen LogP contribution in [0, 0.1) is 11.3 Å². The van der Waals surface area contributed by atoms with E-state index >= 15 is 0 Å².